The minimum atomic E-state index is -0.0849. The summed E-state index contributed by atoms with van der Waals surface area (Å²) in [4.78, 5) is 12.7. The highest BCUT2D eigenvalue weighted by molar-refractivity contribution is 7.80. The number of hydrogen-bond acceptors (Lipinski definition) is 3. The lowest BCUT2D eigenvalue weighted by molar-refractivity contribution is 0.106. The third-order valence-electron chi connectivity index (χ3n) is 4.65. The summed E-state index contributed by atoms with van der Waals surface area (Å²) in [5, 5.41) is 9.72. The molecule has 0 fully saturated rings. The Morgan fingerprint density at radius 3 is 2.42 bits per heavy atom. The molecule has 0 bridgehead atoms. The van der Waals surface area contributed by atoms with E-state index in [0.717, 1.165) is 22.0 Å². The predicted octanol–water partition coefficient (Wildman–Crippen LogP) is 4.34. The van der Waals surface area contributed by atoms with E-state index in [2.05, 4.69) is 22.8 Å². The Kier molecular flexibility index (Phi) is 4.01. The molecule has 3 aromatic carbocycles. The van der Waals surface area contributed by atoms with Gasteiger partial charge in [0.1, 0.15) is 5.71 Å². The molecule has 128 valence electrons. The first-order chi connectivity index (χ1) is 12.5. The second kappa shape index (κ2) is 6.35. The van der Waals surface area contributed by atoms with Gasteiger partial charge in [0.25, 0.3) is 0 Å². The van der Waals surface area contributed by atoms with E-state index in [1.165, 1.54) is 11.1 Å². The molecule has 0 amide bonds. The van der Waals surface area contributed by atoms with Crippen LogP contribution in [0.1, 0.15) is 27.0 Å². The van der Waals surface area contributed by atoms with Gasteiger partial charge >= 0.3 is 0 Å². The molecule has 0 spiro atoms. The Hall–Kier alpha value is -3.05. The fraction of sp³-hybridized carbons (Fsp3) is 0.0952. The Morgan fingerprint density at radius 1 is 0.962 bits per heavy atom. The Balaban J connectivity index is 1.58. The number of carbonyl (C=O) groups excluding carboxylic acids is 1. The van der Waals surface area contributed by atoms with E-state index in [1.54, 1.807) is 0 Å². The number of carbonyl (C=O) groups is 1. The van der Waals surface area contributed by atoms with Crippen molar-refractivity contribution in [3.8, 4) is 0 Å². The molecule has 5 heteroatoms. The van der Waals surface area contributed by atoms with Gasteiger partial charge in [0.2, 0.25) is 5.78 Å². The normalized spacial score (nSPS) is 14.1. The van der Waals surface area contributed by atoms with Crippen LogP contribution in [0.5, 0.6) is 0 Å². The number of thiocarbonyl (C=S) groups is 1. The summed E-state index contributed by atoms with van der Waals surface area (Å²) >= 11 is 5.31. The lowest BCUT2D eigenvalue weighted by Gasteiger charge is -2.09. The molecule has 0 radical (unpaired) electrons. The van der Waals surface area contributed by atoms with Crippen molar-refractivity contribution >= 4 is 45.3 Å². The zero-order chi connectivity index (χ0) is 18.3. The lowest BCUT2D eigenvalue weighted by Crippen LogP contribution is -2.26. The number of anilines is 1. The average Bonchev–Trinajstić information content (AvgIpc) is 2.91. The van der Waals surface area contributed by atoms with Crippen molar-refractivity contribution in [1.29, 1.82) is 0 Å². The van der Waals surface area contributed by atoms with Crippen molar-refractivity contribution in [2.24, 2.45) is 5.10 Å². The predicted molar refractivity (Wildman–Crippen MR) is 110 cm³/mol. The molecular weight excluding hydrogens is 342 g/mol. The summed E-state index contributed by atoms with van der Waals surface area (Å²) in [5.74, 6) is -0.0849. The van der Waals surface area contributed by atoms with Crippen LogP contribution in [0.25, 0.3) is 10.8 Å². The van der Waals surface area contributed by atoms with Gasteiger partial charge in [-0.2, -0.15) is 5.10 Å². The minimum Gasteiger partial charge on any atom is -0.331 e. The highest BCUT2D eigenvalue weighted by Gasteiger charge is 2.28. The largest absolute Gasteiger partial charge is 0.331 e. The Bertz CT molecular complexity index is 1100. The molecule has 4 rings (SSSR count). The molecule has 1 aliphatic carbocycles. The molecule has 2 N–H and O–H groups in total. The highest BCUT2D eigenvalue weighted by atomic mass is 32.1. The molecule has 0 saturated carbocycles. The maximum Gasteiger partial charge on any atom is 0.214 e. The van der Waals surface area contributed by atoms with Crippen molar-refractivity contribution in [3.63, 3.8) is 0 Å². The van der Waals surface area contributed by atoms with Gasteiger partial charge < -0.3 is 5.32 Å². The summed E-state index contributed by atoms with van der Waals surface area (Å²) in [5.41, 5.74) is 8.00. The zero-order valence-electron chi connectivity index (χ0n) is 14.5. The van der Waals surface area contributed by atoms with E-state index in [0.29, 0.717) is 16.4 Å². The monoisotopic (exact) mass is 359 g/mol. The van der Waals surface area contributed by atoms with Crippen molar-refractivity contribution in [2.45, 2.75) is 13.8 Å². The summed E-state index contributed by atoms with van der Waals surface area (Å²) in [6.45, 7) is 4.11. The first-order valence-corrected chi connectivity index (χ1v) is 8.74. The summed E-state index contributed by atoms with van der Waals surface area (Å²) < 4.78 is 0. The fourth-order valence-electron chi connectivity index (χ4n) is 3.17. The number of nitrogens with zero attached hydrogens (tertiary/aromatic N) is 1. The van der Waals surface area contributed by atoms with Gasteiger partial charge in [-0.15, -0.1) is 0 Å². The maximum atomic E-state index is 12.7. The van der Waals surface area contributed by atoms with Gasteiger partial charge in [0.15, 0.2) is 5.11 Å². The fourth-order valence-corrected chi connectivity index (χ4v) is 3.34. The number of ketones is 1. The summed E-state index contributed by atoms with van der Waals surface area (Å²) in [6.07, 6.45) is 0. The van der Waals surface area contributed by atoms with Crippen LogP contribution < -0.4 is 10.7 Å². The topological polar surface area (TPSA) is 53.5 Å². The Labute approximate surface area is 156 Å². The maximum absolute atomic E-state index is 12.7. The standard InChI is InChI=1S/C21H17N3OS/c1-12-9-10-15(11-13(12)2)22-21(26)24-23-19-16-7-3-5-14-6-4-8-17(18(14)16)20(19)25/h3-11H,1-2H3,(H2,22,24,26)/b23-19+. The number of nitrogens with one attached hydrogen (secondary N) is 2. The van der Waals surface area contributed by atoms with Crippen LogP contribution in [0.15, 0.2) is 59.7 Å². The number of benzene rings is 3. The number of aryl methyl sites for hydroxylation is 2. The zero-order valence-corrected chi connectivity index (χ0v) is 15.3. The van der Waals surface area contributed by atoms with E-state index in [4.69, 9.17) is 12.2 Å². The van der Waals surface area contributed by atoms with Gasteiger partial charge in [-0.25, -0.2) is 0 Å². The molecule has 3 aromatic rings. The van der Waals surface area contributed by atoms with E-state index >= 15 is 0 Å². The van der Waals surface area contributed by atoms with Crippen LogP contribution in [0.2, 0.25) is 0 Å². The molecule has 0 atom stereocenters. The number of Topliss-reactive ketones (excluding diaryl/α,β-unsaturated/α-hetero) is 1. The van der Waals surface area contributed by atoms with Crippen molar-refractivity contribution in [3.05, 3.63) is 76.9 Å². The van der Waals surface area contributed by atoms with Crippen molar-refractivity contribution in [2.75, 3.05) is 5.32 Å². The molecule has 0 aliphatic heterocycles. The minimum absolute atomic E-state index is 0.0849. The van der Waals surface area contributed by atoms with Crippen molar-refractivity contribution < 1.29 is 4.79 Å². The van der Waals surface area contributed by atoms with Crippen LogP contribution in [-0.2, 0) is 0 Å². The lowest BCUT2D eigenvalue weighted by atomic mass is 10.1. The van der Waals surface area contributed by atoms with Crippen LogP contribution in [0.3, 0.4) is 0 Å². The van der Waals surface area contributed by atoms with Gasteiger partial charge in [0.05, 0.1) is 0 Å². The quantitative estimate of drug-likeness (QED) is 0.528. The first-order valence-electron chi connectivity index (χ1n) is 8.33. The number of hydrazone groups is 1. The van der Waals surface area contributed by atoms with Crippen LogP contribution in [0, 0.1) is 13.8 Å². The Morgan fingerprint density at radius 2 is 1.69 bits per heavy atom. The van der Waals surface area contributed by atoms with Gasteiger partial charge in [0, 0.05) is 22.2 Å². The molecular formula is C21H17N3OS. The van der Waals surface area contributed by atoms with E-state index in [9.17, 15) is 4.79 Å². The molecule has 0 saturated heterocycles. The van der Waals surface area contributed by atoms with Gasteiger partial charge in [-0.05, 0) is 54.7 Å². The van der Waals surface area contributed by atoms with E-state index in [-0.39, 0.29) is 5.78 Å². The third kappa shape index (κ3) is 2.76. The van der Waals surface area contributed by atoms with E-state index in [1.807, 2.05) is 61.5 Å². The van der Waals surface area contributed by atoms with E-state index < -0.39 is 0 Å². The molecule has 0 aromatic heterocycles. The first kappa shape index (κ1) is 16.4. The SMILES string of the molecule is Cc1ccc(NC(=S)N/N=C2/C(=O)c3cccc4cccc2c34)cc1C. The second-order valence-corrected chi connectivity index (χ2v) is 6.77. The third-order valence-corrected chi connectivity index (χ3v) is 4.85. The summed E-state index contributed by atoms with van der Waals surface area (Å²) in [7, 11) is 0. The smallest absolute Gasteiger partial charge is 0.214 e. The average molecular weight is 359 g/mol. The molecule has 0 unspecified atom stereocenters. The van der Waals surface area contributed by atoms with Crippen LogP contribution in [0.4, 0.5) is 5.69 Å². The highest BCUT2D eigenvalue weighted by Crippen LogP contribution is 2.30. The van der Waals surface area contributed by atoms with Gasteiger partial charge in [-0.1, -0.05) is 42.5 Å². The van der Waals surface area contributed by atoms with Gasteiger partial charge in [-0.3, -0.25) is 10.2 Å². The molecule has 0 heterocycles. The molecule has 26 heavy (non-hydrogen) atoms. The molecule has 1 aliphatic rings. The number of rotatable bonds is 2. The second-order valence-electron chi connectivity index (χ2n) is 6.36. The van der Waals surface area contributed by atoms with Crippen LogP contribution in [-0.4, -0.2) is 16.6 Å². The van der Waals surface area contributed by atoms with Crippen LogP contribution >= 0.6 is 12.2 Å². The van der Waals surface area contributed by atoms with Crippen molar-refractivity contribution in [1.82, 2.24) is 5.43 Å². The number of hydrogen-bond donors (Lipinski definition) is 2. The molecule has 4 nitrogen and oxygen atoms in total. The summed E-state index contributed by atoms with van der Waals surface area (Å²) in [6, 6.07) is 17.6.